The number of pyridine rings is 1. The lowest BCUT2D eigenvalue weighted by molar-refractivity contribution is 0.0146. The van der Waals surface area contributed by atoms with Gasteiger partial charge in [0.15, 0.2) is 0 Å². The van der Waals surface area contributed by atoms with E-state index < -0.39 is 5.97 Å². The number of aromatic nitrogens is 2. The summed E-state index contributed by atoms with van der Waals surface area (Å²) in [6.07, 6.45) is 7.51. The number of rotatable bonds is 7. The molecule has 0 spiro atoms. The molecule has 2 aliphatic heterocycles. The van der Waals surface area contributed by atoms with E-state index in [2.05, 4.69) is 15.0 Å². The molecule has 8 heteroatoms. The van der Waals surface area contributed by atoms with Crippen molar-refractivity contribution in [2.45, 2.75) is 69.2 Å². The third kappa shape index (κ3) is 3.86. The van der Waals surface area contributed by atoms with Crippen LogP contribution in [0.4, 0.5) is 10.2 Å². The van der Waals surface area contributed by atoms with Gasteiger partial charge in [-0.15, -0.1) is 0 Å². The quantitative estimate of drug-likeness (QED) is 0.517. The third-order valence-corrected chi connectivity index (χ3v) is 7.31. The Kier molecular flexibility index (Phi) is 5.32. The summed E-state index contributed by atoms with van der Waals surface area (Å²) in [7, 11) is 0. The Bertz CT molecular complexity index is 1190. The molecule has 2 saturated heterocycles. The highest BCUT2D eigenvalue weighted by Gasteiger charge is 2.42. The number of carboxylic acid groups (broad SMARTS) is 1. The van der Waals surface area contributed by atoms with Crippen LogP contribution in [0.3, 0.4) is 0 Å². The number of anilines is 1. The molecule has 0 radical (unpaired) electrons. The third-order valence-electron chi connectivity index (χ3n) is 7.31. The first-order chi connectivity index (χ1) is 16.6. The van der Waals surface area contributed by atoms with Gasteiger partial charge in [-0.05, 0) is 62.8 Å². The van der Waals surface area contributed by atoms with Gasteiger partial charge in [-0.25, -0.2) is 14.2 Å². The average Bonchev–Trinajstić information content (AvgIpc) is 3.55. The number of hydrogen-bond donors (Lipinski definition) is 1. The van der Waals surface area contributed by atoms with Gasteiger partial charge in [0.25, 0.3) is 0 Å². The van der Waals surface area contributed by atoms with E-state index in [4.69, 9.17) is 14.4 Å². The summed E-state index contributed by atoms with van der Waals surface area (Å²) in [6, 6.07) is 10.7. The molecule has 3 aliphatic rings. The van der Waals surface area contributed by atoms with E-state index in [0.717, 1.165) is 55.7 Å². The van der Waals surface area contributed by atoms with Crippen LogP contribution in [0.2, 0.25) is 0 Å². The Hall–Kier alpha value is -3.26. The first-order valence-corrected chi connectivity index (χ1v) is 11.9. The maximum atomic E-state index is 14.5. The van der Waals surface area contributed by atoms with Gasteiger partial charge in [-0.3, -0.25) is 0 Å². The van der Waals surface area contributed by atoms with Gasteiger partial charge in [0.1, 0.15) is 23.1 Å². The molecule has 3 aromatic rings. The monoisotopic (exact) mass is 463 g/mol. The summed E-state index contributed by atoms with van der Waals surface area (Å²) >= 11 is 0. The lowest BCUT2D eigenvalue weighted by Gasteiger charge is -2.39. The molecule has 1 aromatic carbocycles. The van der Waals surface area contributed by atoms with Gasteiger partial charge in [0, 0.05) is 35.3 Å². The number of nitrogens with zero attached hydrogens (tertiary/aromatic N) is 3. The van der Waals surface area contributed by atoms with Gasteiger partial charge in [0.05, 0.1) is 18.3 Å². The highest BCUT2D eigenvalue weighted by molar-refractivity contribution is 5.87. The molecule has 6 rings (SSSR count). The summed E-state index contributed by atoms with van der Waals surface area (Å²) in [5.41, 5.74) is 2.05. The maximum absolute atomic E-state index is 14.5. The van der Waals surface area contributed by atoms with Crippen molar-refractivity contribution in [2.75, 3.05) is 4.90 Å². The summed E-state index contributed by atoms with van der Waals surface area (Å²) in [4.78, 5) is 17.9. The lowest BCUT2D eigenvalue weighted by atomic mass is 9.99. The molecule has 0 amide bonds. The van der Waals surface area contributed by atoms with Crippen LogP contribution >= 0.6 is 0 Å². The molecule has 3 atom stereocenters. The summed E-state index contributed by atoms with van der Waals surface area (Å²) in [5, 5.41) is 13.4. The Morgan fingerprint density at radius 2 is 1.88 bits per heavy atom. The summed E-state index contributed by atoms with van der Waals surface area (Å²) in [6.45, 7) is 0.356. The molecule has 34 heavy (non-hydrogen) atoms. The first-order valence-electron chi connectivity index (χ1n) is 11.9. The molecule has 2 aromatic heterocycles. The van der Waals surface area contributed by atoms with E-state index in [1.165, 1.54) is 12.3 Å². The topological polar surface area (TPSA) is 88.7 Å². The minimum Gasteiger partial charge on any atom is -0.478 e. The average molecular weight is 464 g/mol. The van der Waals surface area contributed by atoms with Gasteiger partial charge >= 0.3 is 5.97 Å². The van der Waals surface area contributed by atoms with Crippen LogP contribution in [-0.2, 0) is 11.3 Å². The van der Waals surface area contributed by atoms with Crippen LogP contribution in [0.5, 0.6) is 0 Å². The molecule has 3 fully saturated rings. The fraction of sp³-hybridized carbons (Fsp3) is 0.423. The molecule has 176 valence electrons. The number of hydrogen-bond acceptors (Lipinski definition) is 6. The van der Waals surface area contributed by atoms with Gasteiger partial charge < -0.3 is 19.3 Å². The minimum absolute atomic E-state index is 0.0856. The Labute approximate surface area is 196 Å². The largest absolute Gasteiger partial charge is 0.478 e. The highest BCUT2D eigenvalue weighted by Crippen LogP contribution is 2.45. The number of ether oxygens (including phenoxy) is 1. The predicted octanol–water partition coefficient (Wildman–Crippen LogP) is 5.17. The van der Waals surface area contributed by atoms with Crippen molar-refractivity contribution in [1.82, 2.24) is 10.1 Å². The van der Waals surface area contributed by atoms with E-state index >= 15 is 0 Å². The highest BCUT2D eigenvalue weighted by atomic mass is 19.1. The summed E-state index contributed by atoms with van der Waals surface area (Å²) in [5.74, 6) is 0.731. The number of aromatic carboxylic acids is 1. The first kappa shape index (κ1) is 21.3. The SMILES string of the molecule is O=C(O)c1ccc(N2[C@@H]3CC[C@H]2C[C@@H](OCc2c(-c4ccccc4F)noc2C2CC2)C3)nc1. The van der Waals surface area contributed by atoms with Gasteiger partial charge in [-0.2, -0.15) is 0 Å². The van der Waals surface area contributed by atoms with E-state index in [1.54, 1.807) is 30.3 Å². The van der Waals surface area contributed by atoms with Gasteiger partial charge in [0.2, 0.25) is 0 Å². The van der Waals surface area contributed by atoms with Crippen molar-refractivity contribution >= 4 is 11.8 Å². The number of piperidine rings is 1. The van der Waals surface area contributed by atoms with Crippen molar-refractivity contribution < 1.29 is 23.6 Å². The van der Waals surface area contributed by atoms with Crippen LogP contribution in [0, 0.1) is 5.82 Å². The molecule has 1 N–H and O–H groups in total. The van der Waals surface area contributed by atoms with Crippen LogP contribution in [0.15, 0.2) is 47.1 Å². The van der Waals surface area contributed by atoms with Crippen LogP contribution in [0.25, 0.3) is 11.3 Å². The van der Waals surface area contributed by atoms with E-state index in [0.29, 0.717) is 35.9 Å². The fourth-order valence-electron chi connectivity index (χ4n) is 5.50. The van der Waals surface area contributed by atoms with E-state index in [9.17, 15) is 9.18 Å². The molecule has 7 nitrogen and oxygen atoms in total. The van der Waals surface area contributed by atoms with E-state index in [-0.39, 0.29) is 17.5 Å². The zero-order valence-electron chi connectivity index (χ0n) is 18.7. The molecule has 4 heterocycles. The molecule has 1 aliphatic carbocycles. The molecule has 1 saturated carbocycles. The number of carboxylic acids is 1. The van der Waals surface area contributed by atoms with Crippen molar-refractivity contribution in [3.05, 3.63) is 65.3 Å². The summed E-state index contributed by atoms with van der Waals surface area (Å²) < 4.78 is 26.6. The number of fused-ring (bicyclic) bond motifs is 2. The Balaban J connectivity index is 1.18. The lowest BCUT2D eigenvalue weighted by Crippen LogP contribution is -2.46. The number of benzene rings is 1. The second kappa shape index (κ2) is 8.51. The molecule has 2 bridgehead atoms. The minimum atomic E-state index is -0.969. The van der Waals surface area contributed by atoms with Crippen molar-refractivity contribution in [3.63, 3.8) is 0 Å². The molecular formula is C26H26FN3O4. The predicted molar refractivity (Wildman–Crippen MR) is 122 cm³/mol. The van der Waals surface area contributed by atoms with Gasteiger partial charge in [-0.1, -0.05) is 17.3 Å². The second-order valence-corrected chi connectivity index (χ2v) is 9.54. The maximum Gasteiger partial charge on any atom is 0.337 e. The Morgan fingerprint density at radius 3 is 2.53 bits per heavy atom. The molecular weight excluding hydrogens is 437 g/mol. The zero-order chi connectivity index (χ0) is 23.2. The van der Waals surface area contributed by atoms with Crippen molar-refractivity contribution in [3.8, 4) is 11.3 Å². The smallest absolute Gasteiger partial charge is 0.337 e. The van der Waals surface area contributed by atoms with E-state index in [1.807, 2.05) is 0 Å². The zero-order valence-corrected chi connectivity index (χ0v) is 18.7. The Morgan fingerprint density at radius 1 is 1.12 bits per heavy atom. The van der Waals surface area contributed by atoms with Crippen molar-refractivity contribution in [2.24, 2.45) is 0 Å². The molecule has 0 unspecified atom stereocenters. The normalized spacial score (nSPS) is 23.9. The number of halogens is 1. The van der Waals surface area contributed by atoms with Crippen molar-refractivity contribution in [1.29, 1.82) is 0 Å². The number of carbonyl (C=O) groups is 1. The second-order valence-electron chi connectivity index (χ2n) is 9.54. The fourth-order valence-corrected chi connectivity index (χ4v) is 5.50. The standard InChI is InChI=1S/C26H26FN3O4/c27-22-4-2-1-3-20(22)24-21(25(34-29-24)15-5-6-15)14-33-19-11-17-8-9-18(12-19)30(17)23-10-7-16(13-28-23)26(31)32/h1-4,7,10,13,15,17-19H,5-6,8-9,11-12,14H2,(H,31,32)/t17-,18+,19+. The van der Waals surface area contributed by atoms with Crippen LogP contribution in [-0.4, -0.2) is 39.4 Å². The van der Waals surface area contributed by atoms with Crippen LogP contribution in [0.1, 0.15) is 66.1 Å². The van der Waals surface area contributed by atoms with Crippen LogP contribution < -0.4 is 4.90 Å².